The van der Waals surface area contributed by atoms with Crippen LogP contribution in [0.25, 0.3) is 4.96 Å². The number of thiazole rings is 1. The lowest BCUT2D eigenvalue weighted by Gasteiger charge is -2.00. The Morgan fingerprint density at radius 3 is 3.28 bits per heavy atom. The minimum Gasteiger partial charge on any atom is -0.269 e. The van der Waals surface area contributed by atoms with Crippen LogP contribution in [0.15, 0.2) is 27.4 Å². The highest BCUT2D eigenvalue weighted by Gasteiger charge is 2.14. The largest absolute Gasteiger partial charge is 0.269 e. The zero-order valence-electron chi connectivity index (χ0n) is 9.70. The molecule has 1 aliphatic heterocycles. The summed E-state index contributed by atoms with van der Waals surface area (Å²) in [5.74, 6) is 1.77. The van der Waals surface area contributed by atoms with Gasteiger partial charge in [0.2, 0.25) is 0 Å². The number of thioether (sulfide) groups is 2. The molecule has 0 amide bonds. The monoisotopic (exact) mass is 297 g/mol. The van der Waals surface area contributed by atoms with Crippen molar-refractivity contribution in [3.05, 3.63) is 33.7 Å². The quantitative estimate of drug-likeness (QED) is 0.854. The number of hydrogen-bond acceptors (Lipinski definition) is 6. The first-order valence-electron chi connectivity index (χ1n) is 5.51. The third-order valence-electron chi connectivity index (χ3n) is 2.47. The average Bonchev–Trinajstić information content (AvgIpc) is 2.95. The number of nitrogens with zero attached hydrogens (tertiary/aromatic N) is 3. The number of aromatic nitrogens is 2. The van der Waals surface area contributed by atoms with Gasteiger partial charge >= 0.3 is 0 Å². The molecule has 0 unspecified atom stereocenters. The highest BCUT2D eigenvalue weighted by molar-refractivity contribution is 8.38. The summed E-state index contributed by atoms with van der Waals surface area (Å²) in [7, 11) is 0. The minimum atomic E-state index is -0.00812. The van der Waals surface area contributed by atoms with Gasteiger partial charge in [0, 0.05) is 29.1 Å². The standard InChI is InChI=1S/C11H11N3OS3/c1-7-5-17-11(12-7)18-6-8-4-9(15)14-2-3-16-10(14)13-8/h2-4,7H,5-6H2,1H3/t7-/m1/s1. The molecular weight excluding hydrogens is 286 g/mol. The van der Waals surface area contributed by atoms with E-state index in [1.54, 1.807) is 40.2 Å². The molecule has 2 aromatic heterocycles. The molecule has 0 saturated carbocycles. The first kappa shape index (κ1) is 12.3. The molecule has 2 aromatic rings. The molecular formula is C11H11N3OS3. The van der Waals surface area contributed by atoms with Crippen molar-refractivity contribution in [3.63, 3.8) is 0 Å². The fourth-order valence-electron chi connectivity index (χ4n) is 1.62. The van der Waals surface area contributed by atoms with E-state index >= 15 is 0 Å². The highest BCUT2D eigenvalue weighted by Crippen LogP contribution is 2.27. The van der Waals surface area contributed by atoms with Crippen molar-refractivity contribution in [2.24, 2.45) is 4.99 Å². The number of hydrogen-bond donors (Lipinski definition) is 0. The molecule has 94 valence electrons. The Labute approximate surface area is 117 Å². The molecule has 0 spiro atoms. The Morgan fingerprint density at radius 2 is 2.50 bits per heavy atom. The van der Waals surface area contributed by atoms with Crippen molar-refractivity contribution >= 4 is 44.2 Å². The van der Waals surface area contributed by atoms with E-state index in [9.17, 15) is 4.79 Å². The molecule has 7 heteroatoms. The Hall–Kier alpha value is -0.790. The van der Waals surface area contributed by atoms with Crippen LogP contribution in [0, 0.1) is 0 Å². The van der Waals surface area contributed by atoms with Crippen molar-refractivity contribution in [3.8, 4) is 0 Å². The lowest BCUT2D eigenvalue weighted by Crippen LogP contribution is -2.12. The van der Waals surface area contributed by atoms with Gasteiger partial charge < -0.3 is 0 Å². The summed E-state index contributed by atoms with van der Waals surface area (Å²) in [6.07, 6.45) is 1.75. The molecule has 0 N–H and O–H groups in total. The van der Waals surface area contributed by atoms with Gasteiger partial charge in [0.25, 0.3) is 5.56 Å². The molecule has 0 radical (unpaired) electrons. The van der Waals surface area contributed by atoms with Crippen LogP contribution in [-0.2, 0) is 5.75 Å². The van der Waals surface area contributed by atoms with E-state index in [0.29, 0.717) is 11.8 Å². The molecule has 0 aliphatic carbocycles. The van der Waals surface area contributed by atoms with Crippen molar-refractivity contribution in [2.75, 3.05) is 5.75 Å². The molecule has 0 aromatic carbocycles. The topological polar surface area (TPSA) is 46.7 Å². The van der Waals surface area contributed by atoms with Gasteiger partial charge in [-0.25, -0.2) is 4.98 Å². The second kappa shape index (κ2) is 5.07. The van der Waals surface area contributed by atoms with Gasteiger partial charge in [-0.1, -0.05) is 23.5 Å². The summed E-state index contributed by atoms with van der Waals surface area (Å²) in [5, 5.41) is 1.87. The Bertz CT molecular complexity index is 661. The maximum atomic E-state index is 11.8. The number of fused-ring (bicyclic) bond motifs is 1. The van der Waals surface area contributed by atoms with Crippen LogP contribution in [0.4, 0.5) is 0 Å². The summed E-state index contributed by atoms with van der Waals surface area (Å²) >= 11 is 4.93. The molecule has 3 heterocycles. The third kappa shape index (κ3) is 2.48. The van der Waals surface area contributed by atoms with E-state index in [2.05, 4.69) is 16.9 Å². The summed E-state index contributed by atoms with van der Waals surface area (Å²) < 4.78 is 2.68. The lowest BCUT2D eigenvalue weighted by atomic mass is 10.4. The molecule has 4 nitrogen and oxygen atoms in total. The fourth-order valence-corrected chi connectivity index (χ4v) is 4.46. The van der Waals surface area contributed by atoms with Crippen LogP contribution in [0.5, 0.6) is 0 Å². The fraction of sp³-hybridized carbons (Fsp3) is 0.364. The number of rotatable bonds is 2. The SMILES string of the molecule is C[C@@H]1CSC(SCc2cc(=O)n3ccsc3n2)=N1. The molecule has 1 atom stereocenters. The average molecular weight is 297 g/mol. The van der Waals surface area contributed by atoms with Gasteiger partial charge in [0.1, 0.15) is 4.38 Å². The van der Waals surface area contributed by atoms with E-state index in [1.807, 2.05) is 5.38 Å². The maximum absolute atomic E-state index is 11.8. The van der Waals surface area contributed by atoms with Crippen LogP contribution in [0.2, 0.25) is 0 Å². The van der Waals surface area contributed by atoms with Crippen LogP contribution in [-0.4, -0.2) is 25.6 Å². The minimum absolute atomic E-state index is 0.00812. The van der Waals surface area contributed by atoms with Crippen molar-refractivity contribution in [2.45, 2.75) is 18.7 Å². The Kier molecular flexibility index (Phi) is 3.45. The Morgan fingerprint density at radius 1 is 1.61 bits per heavy atom. The summed E-state index contributed by atoms with van der Waals surface area (Å²) in [4.78, 5) is 21.5. The van der Waals surface area contributed by atoms with Crippen LogP contribution < -0.4 is 5.56 Å². The summed E-state index contributed by atoms with van der Waals surface area (Å²) in [6, 6.07) is 2.02. The zero-order chi connectivity index (χ0) is 12.5. The van der Waals surface area contributed by atoms with E-state index < -0.39 is 0 Å². The second-order valence-electron chi connectivity index (χ2n) is 3.99. The third-order valence-corrected chi connectivity index (χ3v) is 5.73. The molecule has 3 rings (SSSR count). The van der Waals surface area contributed by atoms with Gasteiger partial charge in [-0.15, -0.1) is 11.3 Å². The van der Waals surface area contributed by atoms with Crippen molar-refractivity contribution < 1.29 is 0 Å². The lowest BCUT2D eigenvalue weighted by molar-refractivity contribution is 0.867. The second-order valence-corrected chi connectivity index (χ2v) is 7.09. The zero-order valence-corrected chi connectivity index (χ0v) is 12.1. The number of aliphatic imine (C=N–C) groups is 1. The van der Waals surface area contributed by atoms with Crippen molar-refractivity contribution in [1.29, 1.82) is 0 Å². The molecule has 0 fully saturated rings. The van der Waals surface area contributed by atoms with Crippen LogP contribution in [0.3, 0.4) is 0 Å². The van der Waals surface area contributed by atoms with Gasteiger partial charge in [-0.05, 0) is 6.92 Å². The first-order chi connectivity index (χ1) is 8.72. The van der Waals surface area contributed by atoms with Gasteiger partial charge in [0.15, 0.2) is 4.96 Å². The van der Waals surface area contributed by atoms with E-state index in [4.69, 9.17) is 0 Å². The van der Waals surface area contributed by atoms with Crippen LogP contribution >= 0.6 is 34.9 Å². The first-order valence-corrected chi connectivity index (χ1v) is 8.36. The van der Waals surface area contributed by atoms with Gasteiger partial charge in [0.05, 0.1) is 11.7 Å². The summed E-state index contributed by atoms with van der Waals surface area (Å²) in [6.45, 7) is 2.11. The molecule has 1 aliphatic rings. The molecule has 18 heavy (non-hydrogen) atoms. The van der Waals surface area contributed by atoms with Gasteiger partial charge in [-0.2, -0.15) is 0 Å². The van der Waals surface area contributed by atoms with Crippen molar-refractivity contribution in [1.82, 2.24) is 9.38 Å². The highest BCUT2D eigenvalue weighted by atomic mass is 32.2. The predicted molar refractivity (Wildman–Crippen MR) is 80.0 cm³/mol. The summed E-state index contributed by atoms with van der Waals surface area (Å²) in [5.41, 5.74) is 0.821. The Balaban J connectivity index is 1.78. The molecule has 0 bridgehead atoms. The van der Waals surface area contributed by atoms with E-state index in [1.165, 1.54) is 11.3 Å². The van der Waals surface area contributed by atoms with Crippen LogP contribution in [0.1, 0.15) is 12.6 Å². The predicted octanol–water partition coefficient (Wildman–Crippen LogP) is 2.48. The molecule has 0 saturated heterocycles. The van der Waals surface area contributed by atoms with E-state index in [-0.39, 0.29) is 5.56 Å². The smallest absolute Gasteiger partial charge is 0.258 e. The normalized spacial score (nSPS) is 19.4. The van der Waals surface area contributed by atoms with E-state index in [0.717, 1.165) is 20.8 Å². The van der Waals surface area contributed by atoms with Gasteiger partial charge in [-0.3, -0.25) is 14.2 Å². The maximum Gasteiger partial charge on any atom is 0.258 e.